The largest absolute Gasteiger partial charge is 0.271 e. The monoisotopic (exact) mass is 242 g/mol. The summed E-state index contributed by atoms with van der Waals surface area (Å²) in [4.78, 5) is 0. The molecule has 0 radical (unpaired) electrons. The molecule has 4 nitrogen and oxygen atoms in total. The Labute approximate surface area is 101 Å². The van der Waals surface area contributed by atoms with E-state index in [2.05, 4.69) is 31.3 Å². The first-order valence-electron chi connectivity index (χ1n) is 5.68. The molecule has 5 heteroatoms. The molecular formula is C11H19ClN4. The molecule has 1 fully saturated rings. The predicted octanol–water partition coefficient (Wildman–Crippen LogP) is 2.42. The molecule has 0 amide bonds. The van der Waals surface area contributed by atoms with Gasteiger partial charge in [0, 0.05) is 6.04 Å². The fraction of sp³-hybridized carbons (Fsp3) is 0.727. The quantitative estimate of drug-likeness (QED) is 0.630. The van der Waals surface area contributed by atoms with Crippen molar-refractivity contribution >= 4 is 11.6 Å². The topological polar surface area (TPSA) is 55.9 Å². The smallest absolute Gasteiger partial charge is 0.0835 e. The van der Waals surface area contributed by atoms with E-state index in [9.17, 15) is 0 Å². The summed E-state index contributed by atoms with van der Waals surface area (Å²) in [6.07, 6.45) is 4.07. The number of hydrogen-bond donors (Lipinski definition) is 2. The van der Waals surface area contributed by atoms with Gasteiger partial charge in [0.1, 0.15) is 0 Å². The van der Waals surface area contributed by atoms with Crippen LogP contribution in [0.25, 0.3) is 0 Å². The maximum atomic E-state index is 6.22. The molecule has 1 aliphatic carbocycles. The Morgan fingerprint density at radius 3 is 2.62 bits per heavy atom. The lowest BCUT2D eigenvalue weighted by Gasteiger charge is -2.25. The summed E-state index contributed by atoms with van der Waals surface area (Å²) in [6.45, 7) is 6.41. The van der Waals surface area contributed by atoms with Crippen molar-refractivity contribution in [1.82, 2.24) is 15.2 Å². The highest BCUT2D eigenvalue weighted by molar-refractivity contribution is 6.31. The summed E-state index contributed by atoms with van der Waals surface area (Å²) in [7, 11) is 0. The molecule has 1 heterocycles. The van der Waals surface area contributed by atoms with E-state index < -0.39 is 0 Å². The normalized spacial score (nSPS) is 20.1. The number of hydrazine groups is 1. The summed E-state index contributed by atoms with van der Waals surface area (Å²) in [5, 5.41) is 5.01. The number of nitrogens with zero attached hydrogens (tertiary/aromatic N) is 2. The highest BCUT2D eigenvalue weighted by Crippen LogP contribution is 2.55. The first-order valence-corrected chi connectivity index (χ1v) is 6.06. The van der Waals surface area contributed by atoms with Crippen molar-refractivity contribution in [3.8, 4) is 0 Å². The molecule has 1 aliphatic rings. The first kappa shape index (κ1) is 11.9. The van der Waals surface area contributed by atoms with Crippen molar-refractivity contribution in [2.75, 3.05) is 0 Å². The van der Waals surface area contributed by atoms with Gasteiger partial charge in [0.2, 0.25) is 0 Å². The summed E-state index contributed by atoms with van der Waals surface area (Å²) in [5.74, 6) is 5.68. The molecule has 0 bridgehead atoms. The Morgan fingerprint density at radius 2 is 2.19 bits per heavy atom. The van der Waals surface area contributed by atoms with Gasteiger partial charge in [-0.05, 0) is 32.1 Å². The molecule has 0 spiro atoms. The second kappa shape index (κ2) is 4.02. The minimum Gasteiger partial charge on any atom is -0.271 e. The van der Waals surface area contributed by atoms with Gasteiger partial charge in [-0.1, -0.05) is 18.5 Å². The standard InChI is InChI=1S/C11H19ClN4/c1-7(2)16-9(8(12)6-14-16)10(15-13)11(3)4-5-11/h6-7,10,15H,4-5,13H2,1-3H3. The van der Waals surface area contributed by atoms with Crippen molar-refractivity contribution in [3.63, 3.8) is 0 Å². The Kier molecular flexibility index (Phi) is 2.99. The maximum Gasteiger partial charge on any atom is 0.0835 e. The first-order chi connectivity index (χ1) is 7.49. The van der Waals surface area contributed by atoms with Crippen LogP contribution in [0.5, 0.6) is 0 Å². The second-order valence-electron chi connectivity index (χ2n) is 5.17. The van der Waals surface area contributed by atoms with Crippen LogP contribution < -0.4 is 11.3 Å². The van der Waals surface area contributed by atoms with Crippen LogP contribution >= 0.6 is 11.6 Å². The Hall–Kier alpha value is -0.580. The van der Waals surface area contributed by atoms with Crippen molar-refractivity contribution in [3.05, 3.63) is 16.9 Å². The van der Waals surface area contributed by atoms with E-state index in [0.717, 1.165) is 5.69 Å². The average molecular weight is 243 g/mol. The number of hydrogen-bond acceptors (Lipinski definition) is 3. The molecule has 90 valence electrons. The van der Waals surface area contributed by atoms with Crippen LogP contribution in [0.1, 0.15) is 51.4 Å². The lowest BCUT2D eigenvalue weighted by atomic mass is 9.96. The third-order valence-corrected chi connectivity index (χ3v) is 3.74. The van der Waals surface area contributed by atoms with Crippen LogP contribution in [0.15, 0.2) is 6.20 Å². The molecule has 1 unspecified atom stereocenters. The van der Waals surface area contributed by atoms with E-state index in [4.69, 9.17) is 17.4 Å². The number of nitrogens with one attached hydrogen (secondary N) is 1. The van der Waals surface area contributed by atoms with Gasteiger partial charge < -0.3 is 0 Å². The van der Waals surface area contributed by atoms with Gasteiger partial charge in [-0.15, -0.1) is 0 Å². The highest BCUT2D eigenvalue weighted by atomic mass is 35.5. The molecule has 16 heavy (non-hydrogen) atoms. The van der Waals surface area contributed by atoms with Gasteiger partial charge >= 0.3 is 0 Å². The number of nitrogens with two attached hydrogens (primary N) is 1. The zero-order chi connectivity index (χ0) is 11.9. The van der Waals surface area contributed by atoms with Gasteiger partial charge in [-0.3, -0.25) is 16.0 Å². The van der Waals surface area contributed by atoms with Crippen molar-refractivity contribution < 1.29 is 0 Å². The molecule has 1 atom stereocenters. The lowest BCUT2D eigenvalue weighted by Crippen LogP contribution is -2.35. The minimum atomic E-state index is 0.0879. The lowest BCUT2D eigenvalue weighted by molar-refractivity contribution is 0.339. The number of halogens is 1. The van der Waals surface area contributed by atoms with Gasteiger partial charge in [0.05, 0.1) is 23.0 Å². The molecule has 0 saturated heterocycles. The van der Waals surface area contributed by atoms with Crippen LogP contribution in [-0.4, -0.2) is 9.78 Å². The van der Waals surface area contributed by atoms with E-state index in [1.807, 2.05) is 4.68 Å². The van der Waals surface area contributed by atoms with Crippen molar-refractivity contribution in [2.24, 2.45) is 11.3 Å². The fourth-order valence-electron chi connectivity index (χ4n) is 2.13. The third-order valence-electron chi connectivity index (χ3n) is 3.45. The molecule has 3 N–H and O–H groups in total. The fourth-order valence-corrected chi connectivity index (χ4v) is 2.37. The molecule has 0 aromatic carbocycles. The Balaban J connectivity index is 2.40. The second-order valence-corrected chi connectivity index (χ2v) is 5.58. The summed E-state index contributed by atoms with van der Waals surface area (Å²) >= 11 is 6.22. The van der Waals surface area contributed by atoms with Gasteiger partial charge in [-0.2, -0.15) is 5.10 Å². The van der Waals surface area contributed by atoms with Gasteiger partial charge in [-0.25, -0.2) is 0 Å². The summed E-state index contributed by atoms with van der Waals surface area (Å²) in [5.41, 5.74) is 4.14. The van der Waals surface area contributed by atoms with Crippen LogP contribution in [0.4, 0.5) is 0 Å². The minimum absolute atomic E-state index is 0.0879. The molecule has 1 aromatic heterocycles. The van der Waals surface area contributed by atoms with E-state index in [1.165, 1.54) is 12.8 Å². The Morgan fingerprint density at radius 1 is 1.56 bits per heavy atom. The third kappa shape index (κ3) is 1.85. The predicted molar refractivity (Wildman–Crippen MR) is 65.0 cm³/mol. The van der Waals surface area contributed by atoms with Crippen molar-refractivity contribution in [2.45, 2.75) is 45.7 Å². The highest BCUT2D eigenvalue weighted by Gasteiger charge is 2.47. The zero-order valence-electron chi connectivity index (χ0n) is 10.00. The molecular weight excluding hydrogens is 224 g/mol. The van der Waals surface area contributed by atoms with E-state index in [0.29, 0.717) is 11.1 Å². The average Bonchev–Trinajstić information content (AvgIpc) is 2.83. The summed E-state index contributed by atoms with van der Waals surface area (Å²) < 4.78 is 1.95. The van der Waals surface area contributed by atoms with Gasteiger partial charge in [0.15, 0.2) is 0 Å². The van der Waals surface area contributed by atoms with E-state index >= 15 is 0 Å². The van der Waals surface area contributed by atoms with E-state index in [1.54, 1.807) is 6.20 Å². The molecule has 0 aliphatic heterocycles. The molecule has 1 aromatic rings. The summed E-state index contributed by atoms with van der Waals surface area (Å²) in [6, 6.07) is 0.380. The van der Waals surface area contributed by atoms with Crippen LogP contribution in [-0.2, 0) is 0 Å². The Bertz CT molecular complexity index is 381. The molecule has 2 rings (SSSR count). The van der Waals surface area contributed by atoms with Crippen LogP contribution in [0, 0.1) is 5.41 Å². The van der Waals surface area contributed by atoms with Gasteiger partial charge in [0.25, 0.3) is 0 Å². The van der Waals surface area contributed by atoms with Crippen LogP contribution in [0.2, 0.25) is 5.02 Å². The number of aromatic nitrogens is 2. The number of rotatable bonds is 4. The van der Waals surface area contributed by atoms with Crippen molar-refractivity contribution in [1.29, 1.82) is 0 Å². The zero-order valence-corrected chi connectivity index (χ0v) is 10.8. The SMILES string of the molecule is CC(C)n1ncc(Cl)c1C(NN)C1(C)CC1. The maximum absolute atomic E-state index is 6.22. The van der Waals surface area contributed by atoms with E-state index in [-0.39, 0.29) is 11.5 Å². The molecule has 1 saturated carbocycles. The van der Waals surface area contributed by atoms with Crippen LogP contribution in [0.3, 0.4) is 0 Å².